The molecule has 0 bridgehead atoms. The molecule has 0 saturated heterocycles. The van der Waals surface area contributed by atoms with Crippen LogP contribution in [-0.4, -0.2) is 34.3 Å². The maximum atomic E-state index is 13.3. The van der Waals surface area contributed by atoms with E-state index in [-0.39, 0.29) is 15.5 Å². The molecule has 0 atom stereocenters. The number of sulfonamides is 2. The maximum absolute atomic E-state index is 13.3. The highest BCUT2D eigenvalue weighted by Crippen LogP contribution is 2.24. The van der Waals surface area contributed by atoms with Crippen molar-refractivity contribution in [1.82, 2.24) is 4.98 Å². The van der Waals surface area contributed by atoms with Crippen molar-refractivity contribution >= 4 is 43.0 Å². The molecular weight excluding hydrogens is 524 g/mol. The van der Waals surface area contributed by atoms with Gasteiger partial charge < -0.3 is 5.32 Å². The topological polar surface area (TPSA) is 126 Å². The van der Waals surface area contributed by atoms with Gasteiger partial charge in [-0.2, -0.15) is 0 Å². The van der Waals surface area contributed by atoms with Crippen LogP contribution in [0.3, 0.4) is 0 Å². The van der Waals surface area contributed by atoms with Crippen LogP contribution in [0.2, 0.25) is 0 Å². The van der Waals surface area contributed by atoms with Gasteiger partial charge in [0.25, 0.3) is 20.0 Å². The Hall–Kier alpha value is -4.22. The van der Waals surface area contributed by atoms with Gasteiger partial charge in [-0.25, -0.2) is 16.8 Å². The number of carbonyl (C=O) groups excluding carboxylic acids is 1. The highest BCUT2D eigenvalue weighted by molar-refractivity contribution is 7.93. The van der Waals surface area contributed by atoms with E-state index in [0.717, 1.165) is 15.4 Å². The first-order valence-electron chi connectivity index (χ1n) is 11.5. The Morgan fingerprint density at radius 2 is 1.55 bits per heavy atom. The van der Waals surface area contributed by atoms with Crippen molar-refractivity contribution in [2.45, 2.75) is 23.6 Å². The third-order valence-electron chi connectivity index (χ3n) is 5.64. The molecule has 11 heteroatoms. The summed E-state index contributed by atoms with van der Waals surface area (Å²) in [4.78, 5) is 16.9. The van der Waals surface area contributed by atoms with Gasteiger partial charge in [-0.3, -0.25) is 18.8 Å². The van der Waals surface area contributed by atoms with Gasteiger partial charge in [-0.1, -0.05) is 30.3 Å². The number of benzene rings is 3. The number of carbonyl (C=O) groups is 1. The van der Waals surface area contributed by atoms with Crippen molar-refractivity contribution in [3.8, 4) is 0 Å². The van der Waals surface area contributed by atoms with Crippen molar-refractivity contribution in [2.24, 2.45) is 0 Å². The molecule has 0 aliphatic carbocycles. The highest BCUT2D eigenvalue weighted by Gasteiger charge is 2.27. The van der Waals surface area contributed by atoms with Gasteiger partial charge >= 0.3 is 0 Å². The van der Waals surface area contributed by atoms with Gasteiger partial charge in [0, 0.05) is 11.9 Å². The van der Waals surface area contributed by atoms with Crippen molar-refractivity contribution in [1.29, 1.82) is 0 Å². The molecule has 9 nitrogen and oxygen atoms in total. The summed E-state index contributed by atoms with van der Waals surface area (Å²) < 4.78 is 55.9. The molecular formula is C27H26N4O5S2. The lowest BCUT2D eigenvalue weighted by molar-refractivity contribution is -0.114. The molecule has 0 saturated carbocycles. The lowest BCUT2D eigenvalue weighted by Crippen LogP contribution is -2.38. The molecule has 3 aromatic carbocycles. The summed E-state index contributed by atoms with van der Waals surface area (Å²) >= 11 is 0. The van der Waals surface area contributed by atoms with Crippen LogP contribution in [0.25, 0.3) is 0 Å². The number of aryl methyl sites for hydroxylation is 2. The summed E-state index contributed by atoms with van der Waals surface area (Å²) in [6.07, 6.45) is 2.86. The van der Waals surface area contributed by atoms with E-state index in [0.29, 0.717) is 11.4 Å². The smallest absolute Gasteiger partial charge is 0.264 e. The van der Waals surface area contributed by atoms with Crippen molar-refractivity contribution in [3.63, 3.8) is 0 Å². The number of rotatable bonds is 9. The Morgan fingerprint density at radius 3 is 2.21 bits per heavy atom. The minimum Gasteiger partial charge on any atom is -0.325 e. The molecule has 4 aromatic rings. The van der Waals surface area contributed by atoms with Gasteiger partial charge in [0.2, 0.25) is 5.91 Å². The summed E-state index contributed by atoms with van der Waals surface area (Å²) in [5.41, 5.74) is 2.72. The molecule has 0 radical (unpaired) electrons. The van der Waals surface area contributed by atoms with Crippen LogP contribution < -0.4 is 14.3 Å². The largest absolute Gasteiger partial charge is 0.325 e. The monoisotopic (exact) mass is 550 g/mol. The van der Waals surface area contributed by atoms with E-state index in [2.05, 4.69) is 15.0 Å². The fourth-order valence-electron chi connectivity index (χ4n) is 3.63. The van der Waals surface area contributed by atoms with E-state index in [4.69, 9.17) is 0 Å². The number of hydrogen-bond acceptors (Lipinski definition) is 6. The second-order valence-electron chi connectivity index (χ2n) is 8.53. The van der Waals surface area contributed by atoms with Crippen LogP contribution in [0, 0.1) is 13.8 Å². The van der Waals surface area contributed by atoms with Gasteiger partial charge in [0.05, 0.1) is 27.4 Å². The van der Waals surface area contributed by atoms with E-state index < -0.39 is 32.5 Å². The van der Waals surface area contributed by atoms with Crippen LogP contribution in [0.1, 0.15) is 11.1 Å². The van der Waals surface area contributed by atoms with Crippen LogP contribution in [-0.2, 0) is 24.8 Å². The number of anilines is 3. The molecule has 0 fully saturated rings. The minimum atomic E-state index is -4.06. The quantitative estimate of drug-likeness (QED) is 0.320. The number of aromatic nitrogens is 1. The van der Waals surface area contributed by atoms with E-state index in [1.165, 1.54) is 48.8 Å². The zero-order valence-electron chi connectivity index (χ0n) is 20.7. The Balaban J connectivity index is 1.51. The van der Waals surface area contributed by atoms with E-state index in [9.17, 15) is 21.6 Å². The molecule has 0 aliphatic heterocycles. The predicted molar refractivity (Wildman–Crippen MR) is 147 cm³/mol. The lowest BCUT2D eigenvalue weighted by atomic mass is 10.1. The Kier molecular flexibility index (Phi) is 7.79. The summed E-state index contributed by atoms with van der Waals surface area (Å²) in [6, 6.07) is 22.0. The van der Waals surface area contributed by atoms with E-state index in [1.807, 2.05) is 26.0 Å². The molecule has 4 rings (SSSR count). The maximum Gasteiger partial charge on any atom is 0.264 e. The Morgan fingerprint density at radius 1 is 0.842 bits per heavy atom. The van der Waals surface area contributed by atoms with Gasteiger partial charge in [-0.05, 0) is 79.6 Å². The second kappa shape index (κ2) is 11.0. The fraction of sp³-hybridized carbons (Fsp3) is 0.111. The number of hydrogen-bond donors (Lipinski definition) is 2. The average molecular weight is 551 g/mol. The fourth-order valence-corrected chi connectivity index (χ4v) is 6.18. The van der Waals surface area contributed by atoms with Crippen molar-refractivity contribution in [3.05, 3.63) is 108 Å². The molecule has 1 heterocycles. The predicted octanol–water partition coefficient (Wildman–Crippen LogP) is 4.33. The zero-order chi connectivity index (χ0) is 27.3. The third-order valence-corrected chi connectivity index (χ3v) is 8.81. The molecule has 1 amide bonds. The van der Waals surface area contributed by atoms with Crippen LogP contribution in [0.15, 0.2) is 107 Å². The van der Waals surface area contributed by atoms with Crippen LogP contribution >= 0.6 is 0 Å². The number of nitrogens with one attached hydrogen (secondary N) is 2. The Labute approximate surface area is 222 Å². The summed E-state index contributed by atoms with van der Waals surface area (Å²) in [7, 11) is -7.92. The van der Waals surface area contributed by atoms with E-state index >= 15 is 0 Å². The van der Waals surface area contributed by atoms with Crippen LogP contribution in [0.4, 0.5) is 17.1 Å². The van der Waals surface area contributed by atoms with Gasteiger partial charge in [0.1, 0.15) is 6.54 Å². The molecule has 0 unspecified atom stereocenters. The molecule has 2 N–H and O–H groups in total. The number of pyridine rings is 1. The SMILES string of the molecule is Cc1ccc(C)c(NS(=O)(=O)c2ccc(NC(=O)CN(c3cccnc3)S(=O)(=O)c3ccccc3)cc2)c1. The highest BCUT2D eigenvalue weighted by atomic mass is 32.2. The van der Waals surface area contributed by atoms with Crippen molar-refractivity contribution in [2.75, 3.05) is 20.9 Å². The van der Waals surface area contributed by atoms with Crippen LogP contribution in [0.5, 0.6) is 0 Å². The summed E-state index contributed by atoms with van der Waals surface area (Å²) in [6.45, 7) is 3.16. The molecule has 196 valence electrons. The van der Waals surface area contributed by atoms with Gasteiger partial charge in [0.15, 0.2) is 0 Å². The van der Waals surface area contributed by atoms with Gasteiger partial charge in [-0.15, -0.1) is 0 Å². The van der Waals surface area contributed by atoms with Crippen molar-refractivity contribution < 1.29 is 21.6 Å². The molecule has 1 aromatic heterocycles. The molecule has 0 spiro atoms. The normalized spacial score (nSPS) is 11.5. The third kappa shape index (κ3) is 6.18. The van der Waals surface area contributed by atoms with E-state index in [1.54, 1.807) is 36.4 Å². The number of amides is 1. The first-order chi connectivity index (χ1) is 18.1. The standard InChI is InChI=1S/C27H26N4O5S2/c1-20-10-11-21(2)26(17-20)30-37(33,34)24-14-12-22(13-15-24)29-27(32)19-31(23-7-6-16-28-18-23)38(35,36)25-8-4-3-5-9-25/h3-18,30H,19H2,1-2H3,(H,29,32). The first-order valence-corrected chi connectivity index (χ1v) is 14.5. The average Bonchev–Trinajstić information content (AvgIpc) is 2.90. The summed E-state index contributed by atoms with van der Waals surface area (Å²) in [5, 5.41) is 2.63. The minimum absolute atomic E-state index is 0.0139. The zero-order valence-corrected chi connectivity index (χ0v) is 22.3. The molecule has 38 heavy (non-hydrogen) atoms. The second-order valence-corrected chi connectivity index (χ2v) is 12.1. The molecule has 0 aliphatic rings. The first kappa shape index (κ1) is 26.8. The Bertz CT molecular complexity index is 1640. The number of nitrogens with zero attached hydrogens (tertiary/aromatic N) is 2. The lowest BCUT2D eigenvalue weighted by Gasteiger charge is -2.23. The summed E-state index contributed by atoms with van der Waals surface area (Å²) in [5.74, 6) is -0.613.